The van der Waals surface area contributed by atoms with E-state index < -0.39 is 16.7 Å². The van der Waals surface area contributed by atoms with Crippen LogP contribution in [0.3, 0.4) is 0 Å². The molecular formula is C21H22ClN3O3S. The molecule has 0 spiro atoms. The Bertz CT molecular complexity index is 1000. The highest BCUT2D eigenvalue weighted by Gasteiger charge is 2.64. The highest BCUT2D eigenvalue weighted by molar-refractivity contribution is 7.14. The number of anilines is 1. The molecule has 4 rings (SSSR count). The maximum Gasteiger partial charge on any atom is 0.246 e. The average Bonchev–Trinajstić information content (AvgIpc) is 3.19. The Labute approximate surface area is 178 Å². The Hall–Kier alpha value is -2.25. The molecular weight excluding hydrogens is 410 g/mol. The first-order chi connectivity index (χ1) is 13.6. The lowest BCUT2D eigenvalue weighted by Crippen LogP contribution is -2.60. The van der Waals surface area contributed by atoms with E-state index in [-0.39, 0.29) is 24.3 Å². The van der Waals surface area contributed by atoms with Crippen LogP contribution in [-0.4, -0.2) is 34.2 Å². The van der Waals surface area contributed by atoms with Gasteiger partial charge in [0, 0.05) is 21.9 Å². The van der Waals surface area contributed by atoms with Gasteiger partial charge >= 0.3 is 0 Å². The lowest BCUT2D eigenvalue weighted by molar-refractivity contribution is -0.168. The van der Waals surface area contributed by atoms with Gasteiger partial charge in [-0.05, 0) is 30.4 Å². The number of carbonyl (C=O) groups excluding carboxylic acids is 3. The quantitative estimate of drug-likeness (QED) is 0.735. The molecule has 8 heteroatoms. The molecule has 2 fully saturated rings. The van der Waals surface area contributed by atoms with Gasteiger partial charge < -0.3 is 5.32 Å². The minimum Gasteiger partial charge on any atom is -0.300 e. The van der Waals surface area contributed by atoms with Crippen LogP contribution in [0.2, 0.25) is 5.02 Å². The maximum absolute atomic E-state index is 13.0. The first-order valence-electron chi connectivity index (χ1n) is 9.50. The number of thiazole rings is 1. The van der Waals surface area contributed by atoms with E-state index in [4.69, 9.17) is 11.6 Å². The molecule has 152 valence electrons. The monoisotopic (exact) mass is 431 g/mol. The van der Waals surface area contributed by atoms with Gasteiger partial charge in [-0.15, -0.1) is 11.3 Å². The fourth-order valence-corrected chi connectivity index (χ4v) is 5.30. The number of nitrogens with one attached hydrogen (secondary N) is 1. The molecule has 6 nitrogen and oxygen atoms in total. The van der Waals surface area contributed by atoms with Crippen molar-refractivity contribution in [2.24, 2.45) is 16.7 Å². The molecule has 1 N–H and O–H groups in total. The minimum absolute atomic E-state index is 0.227. The van der Waals surface area contributed by atoms with Crippen molar-refractivity contribution in [3.8, 4) is 11.3 Å². The van der Waals surface area contributed by atoms with Crippen molar-refractivity contribution in [2.75, 3.05) is 11.9 Å². The zero-order valence-electron chi connectivity index (χ0n) is 16.5. The highest BCUT2D eigenvalue weighted by Crippen LogP contribution is 2.59. The van der Waals surface area contributed by atoms with Gasteiger partial charge in [-0.25, -0.2) is 4.98 Å². The summed E-state index contributed by atoms with van der Waals surface area (Å²) < 4.78 is 0. The topological polar surface area (TPSA) is 79.4 Å². The highest BCUT2D eigenvalue weighted by atomic mass is 35.5. The molecule has 1 saturated heterocycles. The number of benzene rings is 1. The van der Waals surface area contributed by atoms with Crippen LogP contribution in [0.1, 0.15) is 33.6 Å². The van der Waals surface area contributed by atoms with Crippen molar-refractivity contribution in [2.45, 2.75) is 33.6 Å². The summed E-state index contributed by atoms with van der Waals surface area (Å²) in [6.45, 7) is 5.58. The van der Waals surface area contributed by atoms with E-state index in [0.717, 1.165) is 16.2 Å². The molecule has 2 atom stereocenters. The number of imide groups is 1. The summed E-state index contributed by atoms with van der Waals surface area (Å²) in [7, 11) is 0. The van der Waals surface area contributed by atoms with E-state index in [2.05, 4.69) is 10.3 Å². The number of halogens is 1. The van der Waals surface area contributed by atoms with E-state index in [1.165, 1.54) is 11.3 Å². The Morgan fingerprint density at radius 3 is 2.66 bits per heavy atom. The van der Waals surface area contributed by atoms with Crippen LogP contribution in [0.15, 0.2) is 29.6 Å². The zero-order chi connectivity index (χ0) is 21.0. The third-order valence-electron chi connectivity index (χ3n) is 6.70. The minimum atomic E-state index is -0.616. The first-order valence-corrected chi connectivity index (χ1v) is 10.8. The lowest BCUT2D eigenvalue weighted by Gasteiger charge is -2.47. The molecule has 1 aliphatic carbocycles. The normalized spacial score (nSPS) is 25.4. The van der Waals surface area contributed by atoms with Crippen molar-refractivity contribution in [3.63, 3.8) is 0 Å². The van der Waals surface area contributed by atoms with Crippen LogP contribution in [0.5, 0.6) is 0 Å². The van der Waals surface area contributed by atoms with Crippen molar-refractivity contribution < 1.29 is 14.4 Å². The summed E-state index contributed by atoms with van der Waals surface area (Å²) in [4.78, 5) is 44.0. The molecule has 1 aliphatic heterocycles. The molecule has 29 heavy (non-hydrogen) atoms. The molecule has 1 saturated carbocycles. The number of hydrogen-bond donors (Lipinski definition) is 1. The third kappa shape index (κ3) is 3.16. The van der Waals surface area contributed by atoms with Crippen LogP contribution in [-0.2, 0) is 14.4 Å². The van der Waals surface area contributed by atoms with E-state index in [0.29, 0.717) is 23.0 Å². The third-order valence-corrected chi connectivity index (χ3v) is 7.71. The molecule has 1 aromatic carbocycles. The number of piperidine rings is 1. The number of carbonyl (C=O) groups is 3. The van der Waals surface area contributed by atoms with Crippen LogP contribution in [0.25, 0.3) is 11.3 Å². The van der Waals surface area contributed by atoms with Crippen LogP contribution < -0.4 is 5.32 Å². The molecule has 2 heterocycles. The predicted molar refractivity (Wildman–Crippen MR) is 113 cm³/mol. The molecule has 2 unspecified atom stereocenters. The SMILES string of the molecule is CC12CCC(C(=O)N(CC(=O)Nc3nc(-c4ccc(Cl)cc4)cs3)C1=O)C2(C)C. The number of aromatic nitrogens is 1. The summed E-state index contributed by atoms with van der Waals surface area (Å²) in [5, 5.41) is 5.61. The number of rotatable bonds is 4. The van der Waals surface area contributed by atoms with Gasteiger partial charge in [-0.3, -0.25) is 19.3 Å². The molecule has 1 aromatic heterocycles. The van der Waals surface area contributed by atoms with Crippen molar-refractivity contribution in [3.05, 3.63) is 34.7 Å². The fraction of sp³-hybridized carbons (Fsp3) is 0.429. The molecule has 2 aromatic rings. The summed E-state index contributed by atoms with van der Waals surface area (Å²) in [5.74, 6) is -1.15. The van der Waals surface area contributed by atoms with E-state index in [1.54, 1.807) is 12.1 Å². The Balaban J connectivity index is 1.46. The number of nitrogens with zero attached hydrogens (tertiary/aromatic N) is 2. The van der Waals surface area contributed by atoms with Crippen molar-refractivity contribution in [1.29, 1.82) is 0 Å². The van der Waals surface area contributed by atoms with Gasteiger partial charge in [-0.2, -0.15) is 0 Å². The van der Waals surface area contributed by atoms with Crippen molar-refractivity contribution in [1.82, 2.24) is 9.88 Å². The van der Waals surface area contributed by atoms with E-state index >= 15 is 0 Å². The van der Waals surface area contributed by atoms with Crippen LogP contribution in [0, 0.1) is 16.7 Å². The second-order valence-electron chi connectivity index (χ2n) is 8.47. The first kappa shape index (κ1) is 20.0. The second-order valence-corrected chi connectivity index (χ2v) is 9.76. The van der Waals surface area contributed by atoms with Crippen molar-refractivity contribution >= 4 is 45.8 Å². The summed E-state index contributed by atoms with van der Waals surface area (Å²) in [6, 6.07) is 7.26. The lowest BCUT2D eigenvalue weighted by atomic mass is 9.62. The van der Waals surface area contributed by atoms with Crippen LogP contribution in [0.4, 0.5) is 5.13 Å². The Morgan fingerprint density at radius 1 is 1.28 bits per heavy atom. The van der Waals surface area contributed by atoms with Gasteiger partial charge in [0.1, 0.15) is 6.54 Å². The smallest absolute Gasteiger partial charge is 0.246 e. The number of amides is 3. The second kappa shape index (κ2) is 6.92. The number of likely N-dealkylation sites (tertiary alicyclic amines) is 1. The summed E-state index contributed by atoms with van der Waals surface area (Å²) >= 11 is 7.20. The van der Waals surface area contributed by atoms with Crippen LogP contribution >= 0.6 is 22.9 Å². The van der Waals surface area contributed by atoms with Gasteiger partial charge in [0.25, 0.3) is 0 Å². The van der Waals surface area contributed by atoms with Gasteiger partial charge in [0.15, 0.2) is 5.13 Å². The molecule has 2 aliphatic rings. The van der Waals surface area contributed by atoms with E-state index in [9.17, 15) is 14.4 Å². The van der Waals surface area contributed by atoms with Gasteiger partial charge in [-0.1, -0.05) is 44.5 Å². The largest absolute Gasteiger partial charge is 0.300 e. The average molecular weight is 432 g/mol. The number of hydrogen-bond acceptors (Lipinski definition) is 5. The number of fused-ring (bicyclic) bond motifs is 2. The standard InChI is InChI=1S/C21H22ClN3O3S/c1-20(2)14-8-9-21(20,3)18(28)25(17(14)27)10-16(26)24-19-23-15(11-29-19)12-4-6-13(22)7-5-12/h4-7,11,14H,8-10H2,1-3H3,(H,23,24,26). The van der Waals surface area contributed by atoms with Gasteiger partial charge in [0.05, 0.1) is 11.1 Å². The molecule has 2 bridgehead atoms. The predicted octanol–water partition coefficient (Wildman–Crippen LogP) is 4.21. The molecule has 3 amide bonds. The summed E-state index contributed by atoms with van der Waals surface area (Å²) in [6.07, 6.45) is 1.35. The molecule has 0 radical (unpaired) electrons. The fourth-order valence-electron chi connectivity index (χ4n) is 4.44. The zero-order valence-corrected chi connectivity index (χ0v) is 18.1. The van der Waals surface area contributed by atoms with E-state index in [1.807, 2.05) is 38.3 Å². The maximum atomic E-state index is 13.0. The Morgan fingerprint density at radius 2 is 1.97 bits per heavy atom. The Kier molecular flexibility index (Phi) is 4.78. The van der Waals surface area contributed by atoms with Gasteiger partial charge in [0.2, 0.25) is 17.7 Å². The summed E-state index contributed by atoms with van der Waals surface area (Å²) in [5.41, 5.74) is 0.602.